The number of nitrogens with one attached hydrogen (secondary N) is 2. The van der Waals surface area contributed by atoms with Crippen LogP contribution in [-0.4, -0.2) is 12.5 Å². The second-order valence-electron chi connectivity index (χ2n) is 4.71. The minimum Gasteiger partial charge on any atom is -0.355 e. The zero-order chi connectivity index (χ0) is 13.4. The van der Waals surface area contributed by atoms with E-state index in [1.807, 2.05) is 6.07 Å². The smallest absolute Gasteiger partial charge is 0.206 e. The SMILES string of the molecule is CCc1ccccc1CN=C(NN)NCC(C)C. The third-order valence-corrected chi connectivity index (χ3v) is 2.72. The first-order valence-electron chi connectivity index (χ1n) is 6.49. The quantitative estimate of drug-likeness (QED) is 0.322. The lowest BCUT2D eigenvalue weighted by atomic mass is 10.1. The maximum atomic E-state index is 5.45. The summed E-state index contributed by atoms with van der Waals surface area (Å²) in [5.74, 6) is 6.66. The minimum atomic E-state index is 0.562. The molecule has 0 unspecified atom stereocenters. The van der Waals surface area contributed by atoms with Crippen molar-refractivity contribution in [2.75, 3.05) is 6.54 Å². The van der Waals surface area contributed by atoms with Crippen LogP contribution < -0.4 is 16.6 Å². The van der Waals surface area contributed by atoms with Crippen molar-refractivity contribution in [1.82, 2.24) is 10.7 Å². The number of hydrogen-bond donors (Lipinski definition) is 3. The zero-order valence-corrected chi connectivity index (χ0v) is 11.5. The summed E-state index contributed by atoms with van der Waals surface area (Å²) in [6.45, 7) is 7.95. The summed E-state index contributed by atoms with van der Waals surface area (Å²) in [6.07, 6.45) is 1.02. The van der Waals surface area contributed by atoms with Gasteiger partial charge in [0.1, 0.15) is 0 Å². The number of benzene rings is 1. The number of rotatable bonds is 5. The van der Waals surface area contributed by atoms with E-state index in [-0.39, 0.29) is 0 Å². The highest BCUT2D eigenvalue weighted by Gasteiger charge is 2.01. The monoisotopic (exact) mass is 248 g/mol. The van der Waals surface area contributed by atoms with Gasteiger partial charge in [0, 0.05) is 6.54 Å². The predicted octanol–water partition coefficient (Wildman–Crippen LogP) is 1.81. The van der Waals surface area contributed by atoms with Crippen LogP contribution in [-0.2, 0) is 13.0 Å². The molecule has 18 heavy (non-hydrogen) atoms. The van der Waals surface area contributed by atoms with E-state index >= 15 is 0 Å². The molecular formula is C14H24N4. The molecule has 1 aromatic rings. The molecule has 4 heteroatoms. The molecule has 0 amide bonds. The lowest BCUT2D eigenvalue weighted by molar-refractivity contribution is 0.615. The van der Waals surface area contributed by atoms with E-state index in [2.05, 4.69) is 54.7 Å². The highest BCUT2D eigenvalue weighted by atomic mass is 15.3. The average Bonchev–Trinajstić information content (AvgIpc) is 2.39. The molecule has 0 fully saturated rings. The van der Waals surface area contributed by atoms with Crippen LogP contribution in [0, 0.1) is 5.92 Å². The van der Waals surface area contributed by atoms with Crippen molar-refractivity contribution < 1.29 is 0 Å². The Bertz CT molecular complexity index is 385. The number of guanidine groups is 1. The minimum absolute atomic E-state index is 0.562. The first kappa shape index (κ1) is 14.5. The number of nitrogens with zero attached hydrogens (tertiary/aromatic N) is 1. The van der Waals surface area contributed by atoms with Crippen LogP contribution in [0.1, 0.15) is 31.9 Å². The van der Waals surface area contributed by atoms with Crippen molar-refractivity contribution in [3.63, 3.8) is 0 Å². The predicted molar refractivity (Wildman–Crippen MR) is 77.1 cm³/mol. The zero-order valence-electron chi connectivity index (χ0n) is 11.5. The molecule has 4 N–H and O–H groups in total. The van der Waals surface area contributed by atoms with Crippen molar-refractivity contribution in [1.29, 1.82) is 0 Å². The van der Waals surface area contributed by atoms with E-state index in [1.54, 1.807) is 0 Å². The van der Waals surface area contributed by atoms with Gasteiger partial charge < -0.3 is 5.32 Å². The van der Waals surface area contributed by atoms with Gasteiger partial charge in [-0.25, -0.2) is 10.8 Å². The molecule has 0 atom stereocenters. The summed E-state index contributed by atoms with van der Waals surface area (Å²) < 4.78 is 0. The standard InChI is InChI=1S/C14H24N4/c1-4-12-7-5-6-8-13(12)10-17-14(18-15)16-9-11(2)3/h5-8,11H,4,9-10,15H2,1-3H3,(H2,16,17,18). The largest absolute Gasteiger partial charge is 0.355 e. The fraction of sp³-hybridized carbons (Fsp3) is 0.500. The normalized spacial score (nSPS) is 11.7. The highest BCUT2D eigenvalue weighted by Crippen LogP contribution is 2.10. The molecule has 1 rings (SSSR count). The second-order valence-corrected chi connectivity index (χ2v) is 4.71. The molecule has 0 aliphatic heterocycles. The van der Waals surface area contributed by atoms with Gasteiger partial charge in [-0.1, -0.05) is 45.0 Å². The van der Waals surface area contributed by atoms with E-state index in [0.717, 1.165) is 13.0 Å². The van der Waals surface area contributed by atoms with Crippen LogP contribution in [0.5, 0.6) is 0 Å². The fourth-order valence-corrected chi connectivity index (χ4v) is 1.67. The van der Waals surface area contributed by atoms with Gasteiger partial charge in [0.05, 0.1) is 6.54 Å². The lowest BCUT2D eigenvalue weighted by Gasteiger charge is -2.11. The summed E-state index contributed by atoms with van der Waals surface area (Å²) in [5, 5.41) is 3.19. The molecule has 0 aliphatic rings. The molecule has 4 nitrogen and oxygen atoms in total. The average molecular weight is 248 g/mol. The number of nitrogens with two attached hydrogens (primary N) is 1. The van der Waals surface area contributed by atoms with Gasteiger partial charge in [-0.15, -0.1) is 0 Å². The molecule has 0 saturated carbocycles. The van der Waals surface area contributed by atoms with Crippen LogP contribution >= 0.6 is 0 Å². The summed E-state index contributed by atoms with van der Waals surface area (Å²) in [4.78, 5) is 4.46. The first-order valence-corrected chi connectivity index (χ1v) is 6.49. The molecule has 100 valence electrons. The second kappa shape index (κ2) is 7.71. The van der Waals surface area contributed by atoms with Crippen LogP contribution in [0.4, 0.5) is 0 Å². The van der Waals surface area contributed by atoms with Crippen LogP contribution in [0.3, 0.4) is 0 Å². The maximum Gasteiger partial charge on any atom is 0.206 e. The van der Waals surface area contributed by atoms with E-state index in [4.69, 9.17) is 5.84 Å². The Morgan fingerprint density at radius 1 is 1.28 bits per heavy atom. The number of aliphatic imine (C=N–C) groups is 1. The van der Waals surface area contributed by atoms with Crippen molar-refractivity contribution in [2.45, 2.75) is 33.7 Å². The van der Waals surface area contributed by atoms with Gasteiger partial charge in [-0.3, -0.25) is 5.43 Å². The number of aryl methyl sites for hydroxylation is 1. The molecule has 0 bridgehead atoms. The van der Waals surface area contributed by atoms with Gasteiger partial charge >= 0.3 is 0 Å². The van der Waals surface area contributed by atoms with Crippen LogP contribution in [0.15, 0.2) is 29.3 Å². The Morgan fingerprint density at radius 3 is 2.50 bits per heavy atom. The van der Waals surface area contributed by atoms with Crippen molar-refractivity contribution in [2.24, 2.45) is 16.8 Å². The summed E-state index contributed by atoms with van der Waals surface area (Å²) in [5.41, 5.74) is 5.19. The van der Waals surface area contributed by atoms with Gasteiger partial charge in [-0.2, -0.15) is 0 Å². The Hall–Kier alpha value is -1.55. The third kappa shape index (κ3) is 4.75. The van der Waals surface area contributed by atoms with E-state index < -0.39 is 0 Å². The van der Waals surface area contributed by atoms with Gasteiger partial charge in [0.25, 0.3) is 0 Å². The molecule has 0 spiro atoms. The third-order valence-electron chi connectivity index (χ3n) is 2.72. The van der Waals surface area contributed by atoms with Gasteiger partial charge in [-0.05, 0) is 23.5 Å². The fourth-order valence-electron chi connectivity index (χ4n) is 1.67. The summed E-state index contributed by atoms with van der Waals surface area (Å²) >= 11 is 0. The Balaban J connectivity index is 2.64. The van der Waals surface area contributed by atoms with Crippen LogP contribution in [0.2, 0.25) is 0 Å². The topological polar surface area (TPSA) is 62.4 Å². The molecule has 1 aromatic carbocycles. The summed E-state index contributed by atoms with van der Waals surface area (Å²) in [6, 6.07) is 8.35. The lowest BCUT2D eigenvalue weighted by Crippen LogP contribution is -2.42. The van der Waals surface area contributed by atoms with Crippen molar-refractivity contribution >= 4 is 5.96 Å². The first-order chi connectivity index (χ1) is 8.67. The molecule has 0 aromatic heterocycles. The number of hydrazine groups is 1. The van der Waals surface area contributed by atoms with Gasteiger partial charge in [0.2, 0.25) is 5.96 Å². The Kier molecular flexibility index (Phi) is 6.22. The van der Waals surface area contributed by atoms with Crippen molar-refractivity contribution in [3.8, 4) is 0 Å². The van der Waals surface area contributed by atoms with E-state index in [0.29, 0.717) is 18.4 Å². The maximum absolute atomic E-state index is 5.45. The Labute approximate surface area is 110 Å². The molecule has 0 aliphatic carbocycles. The molecule has 0 heterocycles. The number of hydrogen-bond acceptors (Lipinski definition) is 2. The van der Waals surface area contributed by atoms with Crippen molar-refractivity contribution in [3.05, 3.63) is 35.4 Å². The van der Waals surface area contributed by atoms with Crippen LogP contribution in [0.25, 0.3) is 0 Å². The molecule has 0 radical (unpaired) electrons. The highest BCUT2D eigenvalue weighted by molar-refractivity contribution is 5.79. The molecular weight excluding hydrogens is 224 g/mol. The van der Waals surface area contributed by atoms with E-state index in [9.17, 15) is 0 Å². The van der Waals surface area contributed by atoms with E-state index in [1.165, 1.54) is 11.1 Å². The molecule has 0 saturated heterocycles. The Morgan fingerprint density at radius 2 is 1.94 bits per heavy atom. The summed E-state index contributed by atoms with van der Waals surface area (Å²) in [7, 11) is 0. The van der Waals surface area contributed by atoms with Gasteiger partial charge in [0.15, 0.2) is 0 Å².